The van der Waals surface area contributed by atoms with Crippen LogP contribution in [0.25, 0.3) is 22.3 Å². The summed E-state index contributed by atoms with van der Waals surface area (Å²) >= 11 is 5.98. The summed E-state index contributed by atoms with van der Waals surface area (Å²) in [7, 11) is 0. The summed E-state index contributed by atoms with van der Waals surface area (Å²) in [6.07, 6.45) is 1.59. The number of carbonyl (C=O) groups is 1. The second-order valence-corrected chi connectivity index (χ2v) is 6.21. The fourth-order valence-corrected chi connectivity index (χ4v) is 3.03. The predicted octanol–water partition coefficient (Wildman–Crippen LogP) is 4.28. The van der Waals surface area contributed by atoms with E-state index in [2.05, 4.69) is 20.5 Å². The third-order valence-corrected chi connectivity index (χ3v) is 4.51. The van der Waals surface area contributed by atoms with E-state index in [0.29, 0.717) is 5.56 Å². The van der Waals surface area contributed by atoms with Crippen LogP contribution in [0.2, 0.25) is 5.02 Å². The number of carbonyl (C=O) groups excluding carboxylic acids is 1. The highest BCUT2D eigenvalue weighted by Gasteiger charge is 2.14. The zero-order chi connectivity index (χ0) is 18.1. The lowest BCUT2D eigenvalue weighted by Gasteiger charge is -2.07. The van der Waals surface area contributed by atoms with E-state index in [1.165, 1.54) is 12.1 Å². The molecule has 0 saturated carbocycles. The first-order valence-corrected chi connectivity index (χ1v) is 8.34. The highest BCUT2D eigenvalue weighted by atomic mass is 35.5. The second-order valence-electron chi connectivity index (χ2n) is 5.80. The lowest BCUT2D eigenvalue weighted by molar-refractivity contribution is 0.0951. The molecule has 2 aromatic carbocycles. The first kappa shape index (κ1) is 16.4. The molecule has 0 spiro atoms. The van der Waals surface area contributed by atoms with Crippen LogP contribution in [0.5, 0.6) is 0 Å². The van der Waals surface area contributed by atoms with Gasteiger partial charge >= 0.3 is 0 Å². The van der Waals surface area contributed by atoms with Gasteiger partial charge in [0.25, 0.3) is 5.91 Å². The number of hydrogen-bond donors (Lipinski definition) is 3. The zero-order valence-electron chi connectivity index (χ0n) is 13.5. The van der Waals surface area contributed by atoms with Gasteiger partial charge in [-0.25, -0.2) is 4.39 Å². The minimum atomic E-state index is -0.449. The monoisotopic (exact) mass is 368 g/mol. The second kappa shape index (κ2) is 6.65. The van der Waals surface area contributed by atoms with Gasteiger partial charge < -0.3 is 10.3 Å². The summed E-state index contributed by atoms with van der Waals surface area (Å²) in [5.74, 6) is -0.776. The topological polar surface area (TPSA) is 73.6 Å². The molecule has 0 radical (unpaired) electrons. The largest absolute Gasteiger partial charge is 0.359 e. The van der Waals surface area contributed by atoms with Crippen LogP contribution in [-0.4, -0.2) is 21.1 Å². The van der Waals surface area contributed by atoms with Crippen molar-refractivity contribution >= 4 is 28.4 Å². The number of aromatic amines is 2. The summed E-state index contributed by atoms with van der Waals surface area (Å²) in [6, 6.07) is 13.9. The SMILES string of the molecule is O=C(NCc1c(F)cccc1Cl)c1c[nH]c(-c2n[nH]c3ccccc23)c1. The molecule has 0 fully saturated rings. The van der Waals surface area contributed by atoms with Gasteiger partial charge in [0.15, 0.2) is 0 Å². The lowest BCUT2D eigenvalue weighted by Crippen LogP contribution is -2.23. The molecular weight excluding hydrogens is 355 g/mol. The molecule has 2 heterocycles. The number of nitrogens with one attached hydrogen (secondary N) is 3. The van der Waals surface area contributed by atoms with Gasteiger partial charge in [-0.05, 0) is 24.3 Å². The Labute approximate surface area is 153 Å². The maximum Gasteiger partial charge on any atom is 0.253 e. The smallest absolute Gasteiger partial charge is 0.253 e. The van der Waals surface area contributed by atoms with Gasteiger partial charge in [-0.15, -0.1) is 0 Å². The minimum absolute atomic E-state index is 0.0101. The summed E-state index contributed by atoms with van der Waals surface area (Å²) in [4.78, 5) is 15.4. The molecule has 0 aliphatic rings. The summed E-state index contributed by atoms with van der Waals surface area (Å²) in [5.41, 5.74) is 3.06. The van der Waals surface area contributed by atoms with Gasteiger partial charge in [0, 0.05) is 28.7 Å². The number of amides is 1. The molecule has 1 amide bonds. The van der Waals surface area contributed by atoms with E-state index in [9.17, 15) is 9.18 Å². The maximum absolute atomic E-state index is 13.8. The van der Waals surface area contributed by atoms with E-state index in [1.54, 1.807) is 18.3 Å². The normalized spacial score (nSPS) is 11.0. The average molecular weight is 369 g/mol. The van der Waals surface area contributed by atoms with Crippen molar-refractivity contribution in [3.8, 4) is 11.4 Å². The van der Waals surface area contributed by atoms with Crippen molar-refractivity contribution < 1.29 is 9.18 Å². The van der Waals surface area contributed by atoms with Crippen molar-refractivity contribution in [3.63, 3.8) is 0 Å². The molecule has 2 aromatic heterocycles. The van der Waals surface area contributed by atoms with Crippen molar-refractivity contribution in [2.24, 2.45) is 0 Å². The third kappa shape index (κ3) is 2.95. The molecule has 7 heteroatoms. The lowest BCUT2D eigenvalue weighted by atomic mass is 10.1. The van der Waals surface area contributed by atoms with Crippen LogP contribution in [0.4, 0.5) is 4.39 Å². The molecule has 0 unspecified atom stereocenters. The van der Waals surface area contributed by atoms with Crippen LogP contribution in [0.3, 0.4) is 0 Å². The van der Waals surface area contributed by atoms with Crippen molar-refractivity contribution in [1.29, 1.82) is 0 Å². The van der Waals surface area contributed by atoms with Crippen LogP contribution in [-0.2, 0) is 6.54 Å². The van der Waals surface area contributed by atoms with Crippen molar-refractivity contribution in [2.75, 3.05) is 0 Å². The highest BCUT2D eigenvalue weighted by molar-refractivity contribution is 6.31. The number of para-hydroxylation sites is 1. The number of aromatic nitrogens is 3. The Morgan fingerprint density at radius 2 is 2.04 bits per heavy atom. The summed E-state index contributed by atoms with van der Waals surface area (Å²) in [5, 5.41) is 11.2. The minimum Gasteiger partial charge on any atom is -0.359 e. The Balaban J connectivity index is 1.53. The van der Waals surface area contributed by atoms with Crippen molar-refractivity contribution in [1.82, 2.24) is 20.5 Å². The average Bonchev–Trinajstić information content (AvgIpc) is 3.28. The predicted molar refractivity (Wildman–Crippen MR) is 98.5 cm³/mol. The molecule has 0 saturated heterocycles. The van der Waals surface area contributed by atoms with E-state index in [4.69, 9.17) is 11.6 Å². The Bertz CT molecular complexity index is 1080. The number of hydrogen-bond acceptors (Lipinski definition) is 2. The van der Waals surface area contributed by atoms with Crippen LogP contribution in [0.15, 0.2) is 54.7 Å². The van der Waals surface area contributed by atoms with Crippen molar-refractivity contribution in [3.05, 3.63) is 76.7 Å². The number of halogens is 2. The fraction of sp³-hybridized carbons (Fsp3) is 0.0526. The van der Waals surface area contributed by atoms with Gasteiger partial charge in [0.1, 0.15) is 11.5 Å². The summed E-state index contributed by atoms with van der Waals surface area (Å²) in [6.45, 7) is 0.0101. The Hall–Kier alpha value is -3.12. The fourth-order valence-electron chi connectivity index (χ4n) is 2.80. The number of benzene rings is 2. The number of fused-ring (bicyclic) bond motifs is 1. The molecule has 4 aromatic rings. The molecule has 5 nitrogen and oxygen atoms in total. The molecule has 0 bridgehead atoms. The van der Waals surface area contributed by atoms with Crippen LogP contribution in [0.1, 0.15) is 15.9 Å². The molecule has 0 atom stereocenters. The number of H-pyrrole nitrogens is 2. The molecule has 130 valence electrons. The van der Waals surface area contributed by atoms with Crippen LogP contribution >= 0.6 is 11.6 Å². The van der Waals surface area contributed by atoms with Gasteiger partial charge in [-0.3, -0.25) is 9.89 Å². The number of rotatable bonds is 4. The van der Waals surface area contributed by atoms with E-state index in [0.717, 1.165) is 22.3 Å². The molecular formula is C19H14ClFN4O. The van der Waals surface area contributed by atoms with Crippen molar-refractivity contribution in [2.45, 2.75) is 6.54 Å². The molecule has 26 heavy (non-hydrogen) atoms. The van der Waals surface area contributed by atoms with Gasteiger partial charge in [0.05, 0.1) is 16.8 Å². The zero-order valence-corrected chi connectivity index (χ0v) is 14.3. The summed E-state index contributed by atoms with van der Waals surface area (Å²) < 4.78 is 13.8. The molecule has 3 N–H and O–H groups in total. The van der Waals surface area contributed by atoms with Gasteiger partial charge in [-0.2, -0.15) is 5.10 Å². The number of nitrogens with zero attached hydrogens (tertiary/aromatic N) is 1. The first-order valence-electron chi connectivity index (χ1n) is 7.96. The highest BCUT2D eigenvalue weighted by Crippen LogP contribution is 2.25. The Morgan fingerprint density at radius 1 is 1.19 bits per heavy atom. The van der Waals surface area contributed by atoms with Gasteiger partial charge in [0.2, 0.25) is 0 Å². The molecule has 4 rings (SSSR count). The first-order chi connectivity index (χ1) is 12.6. The quantitative estimate of drug-likeness (QED) is 0.503. The van der Waals surface area contributed by atoms with E-state index in [-0.39, 0.29) is 23.0 Å². The Kier molecular flexibility index (Phi) is 4.18. The van der Waals surface area contributed by atoms with E-state index < -0.39 is 5.82 Å². The standard InChI is InChI=1S/C19H14ClFN4O/c20-14-5-3-6-15(21)13(14)10-23-19(26)11-8-17(22-9-11)18-12-4-1-2-7-16(12)24-25-18/h1-9,22H,10H2,(H,23,26)(H,24,25). The van der Waals surface area contributed by atoms with Crippen LogP contribution in [0, 0.1) is 5.82 Å². The van der Waals surface area contributed by atoms with E-state index in [1.807, 2.05) is 24.3 Å². The van der Waals surface area contributed by atoms with Crippen LogP contribution < -0.4 is 5.32 Å². The molecule has 0 aliphatic heterocycles. The Morgan fingerprint density at radius 3 is 2.88 bits per heavy atom. The maximum atomic E-state index is 13.8. The third-order valence-electron chi connectivity index (χ3n) is 4.16. The van der Waals surface area contributed by atoms with E-state index >= 15 is 0 Å². The van der Waals surface area contributed by atoms with Gasteiger partial charge in [-0.1, -0.05) is 35.9 Å². The molecule has 0 aliphatic carbocycles.